The lowest BCUT2D eigenvalue weighted by molar-refractivity contribution is -0.473. The number of fused-ring (bicyclic) bond motifs is 3. The maximum Gasteiger partial charge on any atom is 0.673 e. The molecule has 0 unspecified atom stereocenters. The van der Waals surface area contributed by atoms with E-state index in [2.05, 4.69) is 53.8 Å². The summed E-state index contributed by atoms with van der Waals surface area (Å²) in [5.41, 5.74) is 5.39. The van der Waals surface area contributed by atoms with Crippen LogP contribution in [0.25, 0.3) is 11.1 Å². The number of halogens is 4. The highest BCUT2D eigenvalue weighted by molar-refractivity contribution is 6.50. The van der Waals surface area contributed by atoms with E-state index in [0.717, 1.165) is 0 Å². The van der Waals surface area contributed by atoms with Gasteiger partial charge in [-0.1, -0.05) is 24.3 Å². The van der Waals surface area contributed by atoms with Crippen LogP contribution in [0.3, 0.4) is 0 Å². The molecular weight excluding hydrogens is 245 g/mol. The van der Waals surface area contributed by atoms with E-state index < -0.39 is 7.25 Å². The van der Waals surface area contributed by atoms with E-state index in [0.29, 0.717) is 0 Å². The Morgan fingerprint density at radius 3 is 1.39 bits per heavy atom. The van der Waals surface area contributed by atoms with Crippen LogP contribution in [0.5, 0.6) is 0 Å². The Bertz CT molecular complexity index is 504. The summed E-state index contributed by atoms with van der Waals surface area (Å²) >= 11 is 0. The molecule has 2 aromatic carbocycles. The van der Waals surface area contributed by atoms with Crippen LogP contribution in [0.1, 0.15) is 0 Å². The van der Waals surface area contributed by atoms with Gasteiger partial charge >= 0.3 is 7.25 Å². The number of benzene rings is 2. The smallest absolute Gasteiger partial charge is 0.418 e. The molecule has 0 spiro atoms. The molecule has 1 heterocycles. The highest BCUT2D eigenvalue weighted by Crippen LogP contribution is 2.34. The van der Waals surface area contributed by atoms with Gasteiger partial charge in [-0.05, 0) is 12.1 Å². The summed E-state index contributed by atoms with van der Waals surface area (Å²) in [7, 11) is -6.00. The molecule has 0 bridgehead atoms. The van der Waals surface area contributed by atoms with Gasteiger partial charge in [0.1, 0.15) is 11.4 Å². The second-order valence-corrected chi connectivity index (χ2v) is 3.81. The monoisotopic (exact) mass is 255 g/mol. The fourth-order valence-electron chi connectivity index (χ4n) is 1.90. The lowest BCUT2D eigenvalue weighted by Crippen LogP contribution is -2.69. The molecule has 1 nitrogen and oxygen atoms in total. The maximum absolute atomic E-state index is 9.75. The second-order valence-electron chi connectivity index (χ2n) is 3.81. The van der Waals surface area contributed by atoms with Crippen molar-refractivity contribution in [2.45, 2.75) is 0 Å². The molecule has 0 amide bonds. The largest absolute Gasteiger partial charge is 0.673 e. The average molecular weight is 255 g/mol. The van der Waals surface area contributed by atoms with Crippen molar-refractivity contribution in [1.29, 1.82) is 0 Å². The first-order valence-corrected chi connectivity index (χ1v) is 5.35. The topological polar surface area (TPSA) is 16.6 Å². The van der Waals surface area contributed by atoms with Gasteiger partial charge in [-0.3, -0.25) is 5.32 Å². The van der Waals surface area contributed by atoms with Crippen LogP contribution >= 0.6 is 0 Å². The van der Waals surface area contributed by atoms with E-state index in [4.69, 9.17) is 0 Å². The molecule has 2 aromatic rings. The number of hydrogen-bond donors (Lipinski definition) is 1. The summed E-state index contributed by atoms with van der Waals surface area (Å²) in [6, 6.07) is 17.0. The molecule has 0 saturated carbocycles. The van der Waals surface area contributed by atoms with Gasteiger partial charge in [0.05, 0.1) is 0 Å². The van der Waals surface area contributed by atoms with Gasteiger partial charge in [0.2, 0.25) is 0 Å². The first kappa shape index (κ1) is 12.6. The fraction of sp³-hybridized carbons (Fsp3) is 0. The van der Waals surface area contributed by atoms with E-state index in [-0.39, 0.29) is 0 Å². The highest BCUT2D eigenvalue weighted by atomic mass is 19.5. The van der Waals surface area contributed by atoms with Gasteiger partial charge in [0, 0.05) is 23.3 Å². The standard InChI is InChI=1S/C12H9N.BF4/c1-3-7-11-9(5-1)10-6-2-4-8-12(10)13-11;2-1(3,4)5/h1-8,13H;/q;-1/p+1. The molecule has 0 aromatic heterocycles. The molecule has 3 rings (SSSR count). The number of rotatable bonds is 0. The SMILES string of the molecule is F[B-](F)(F)F.c1ccc2c(c1)[NH2+]c1ccccc1-2. The molecule has 0 radical (unpaired) electrons. The van der Waals surface area contributed by atoms with Gasteiger partial charge in [0.25, 0.3) is 0 Å². The third-order valence-electron chi connectivity index (χ3n) is 2.52. The first-order chi connectivity index (χ1) is 8.45. The lowest BCUT2D eigenvalue weighted by atomic mass is 10.1. The maximum atomic E-state index is 9.75. The Balaban J connectivity index is 0.000000209. The van der Waals surface area contributed by atoms with E-state index >= 15 is 0 Å². The van der Waals surface area contributed by atoms with Gasteiger partial charge in [0.15, 0.2) is 0 Å². The Hall–Kier alpha value is -1.82. The van der Waals surface area contributed by atoms with Crippen LogP contribution in [0.15, 0.2) is 48.5 Å². The summed E-state index contributed by atoms with van der Waals surface area (Å²) in [5.74, 6) is 0. The minimum absolute atomic E-state index is 1.34. The third kappa shape index (κ3) is 3.10. The van der Waals surface area contributed by atoms with Crippen LogP contribution in [0.2, 0.25) is 0 Å². The van der Waals surface area contributed by atoms with E-state index in [1.807, 2.05) is 0 Å². The van der Waals surface area contributed by atoms with Crippen molar-refractivity contribution in [3.05, 3.63) is 48.5 Å². The Morgan fingerprint density at radius 2 is 1.00 bits per heavy atom. The molecule has 18 heavy (non-hydrogen) atoms. The quantitative estimate of drug-likeness (QED) is 0.359. The van der Waals surface area contributed by atoms with Crippen molar-refractivity contribution in [3.63, 3.8) is 0 Å². The van der Waals surface area contributed by atoms with Gasteiger partial charge in [-0.25, -0.2) is 0 Å². The van der Waals surface area contributed by atoms with Gasteiger partial charge < -0.3 is 17.3 Å². The van der Waals surface area contributed by atoms with Crippen molar-refractivity contribution >= 4 is 18.6 Å². The van der Waals surface area contributed by atoms with E-state index in [1.165, 1.54) is 22.5 Å². The minimum Gasteiger partial charge on any atom is -0.418 e. The predicted molar refractivity (Wildman–Crippen MR) is 63.3 cm³/mol. The average Bonchev–Trinajstić information content (AvgIpc) is 2.65. The summed E-state index contributed by atoms with van der Waals surface area (Å²) in [4.78, 5) is 0. The number of para-hydroxylation sites is 2. The van der Waals surface area contributed by atoms with Gasteiger partial charge in [-0.15, -0.1) is 0 Å². The van der Waals surface area contributed by atoms with Crippen LogP contribution in [-0.4, -0.2) is 7.25 Å². The first-order valence-electron chi connectivity index (χ1n) is 5.35. The minimum atomic E-state index is -6.00. The molecular formula is C12H10BF4N. The number of nitrogens with two attached hydrogens (primary N) is 1. The van der Waals surface area contributed by atoms with Crippen LogP contribution in [0, 0.1) is 0 Å². The summed E-state index contributed by atoms with van der Waals surface area (Å²) < 4.78 is 39.0. The number of hydrogen-bond acceptors (Lipinski definition) is 0. The molecule has 1 aliphatic heterocycles. The van der Waals surface area contributed by atoms with Crippen molar-refractivity contribution in [2.75, 3.05) is 0 Å². The predicted octanol–water partition coefficient (Wildman–Crippen LogP) is 3.49. The molecule has 2 N–H and O–H groups in total. The molecule has 94 valence electrons. The molecule has 0 atom stereocenters. The molecule has 0 fully saturated rings. The lowest BCUT2D eigenvalue weighted by Gasteiger charge is -1.94. The zero-order valence-electron chi connectivity index (χ0n) is 9.29. The Labute approximate surface area is 102 Å². The molecule has 0 aliphatic carbocycles. The summed E-state index contributed by atoms with van der Waals surface area (Å²) in [6.07, 6.45) is 0. The summed E-state index contributed by atoms with van der Waals surface area (Å²) in [6.45, 7) is 0. The fourth-order valence-corrected chi connectivity index (χ4v) is 1.90. The van der Waals surface area contributed by atoms with Crippen molar-refractivity contribution in [3.8, 4) is 11.1 Å². The van der Waals surface area contributed by atoms with Crippen LogP contribution < -0.4 is 5.32 Å². The highest BCUT2D eigenvalue weighted by Gasteiger charge is 2.21. The van der Waals surface area contributed by atoms with Crippen LogP contribution in [-0.2, 0) is 0 Å². The molecule has 0 saturated heterocycles. The van der Waals surface area contributed by atoms with Gasteiger partial charge in [-0.2, -0.15) is 0 Å². The Morgan fingerprint density at radius 1 is 0.667 bits per heavy atom. The van der Waals surface area contributed by atoms with Crippen molar-refractivity contribution in [1.82, 2.24) is 0 Å². The Kier molecular flexibility index (Phi) is 3.38. The zero-order chi connectivity index (χ0) is 13.2. The molecule has 6 heteroatoms. The van der Waals surface area contributed by atoms with Crippen molar-refractivity contribution < 1.29 is 22.6 Å². The third-order valence-corrected chi connectivity index (χ3v) is 2.52. The molecule has 1 aliphatic rings. The normalized spacial score (nSPS) is 12.2. The second kappa shape index (κ2) is 4.82. The summed E-state index contributed by atoms with van der Waals surface area (Å²) in [5, 5.41) is 2.24. The van der Waals surface area contributed by atoms with Crippen LogP contribution in [0.4, 0.5) is 28.6 Å². The van der Waals surface area contributed by atoms with E-state index in [9.17, 15) is 17.3 Å². The number of quaternary nitrogens is 1. The van der Waals surface area contributed by atoms with Crippen molar-refractivity contribution in [2.24, 2.45) is 0 Å². The zero-order valence-corrected chi connectivity index (χ0v) is 9.29. The van der Waals surface area contributed by atoms with E-state index in [1.54, 1.807) is 0 Å².